The van der Waals surface area contributed by atoms with Crippen LogP contribution in [0.15, 0.2) is 54.1 Å². The van der Waals surface area contributed by atoms with E-state index in [9.17, 15) is 9.59 Å². The third-order valence-electron chi connectivity index (χ3n) is 3.40. The van der Waals surface area contributed by atoms with Crippen molar-refractivity contribution in [2.45, 2.75) is 6.92 Å². The van der Waals surface area contributed by atoms with Crippen molar-refractivity contribution in [3.63, 3.8) is 0 Å². The summed E-state index contributed by atoms with van der Waals surface area (Å²) in [6.45, 7) is 1.49. The molecule has 0 spiro atoms. The molecule has 7 nitrogen and oxygen atoms in total. The summed E-state index contributed by atoms with van der Waals surface area (Å²) >= 11 is 1.34. The lowest BCUT2D eigenvalue weighted by molar-refractivity contribution is -0.116. The highest BCUT2D eigenvalue weighted by Gasteiger charge is 2.17. The molecule has 0 aliphatic heterocycles. The summed E-state index contributed by atoms with van der Waals surface area (Å²) in [5.74, 6) is 0.0478. The van der Waals surface area contributed by atoms with E-state index in [-0.39, 0.29) is 11.8 Å². The summed E-state index contributed by atoms with van der Waals surface area (Å²) in [6.07, 6.45) is 4.72. The van der Waals surface area contributed by atoms with Gasteiger partial charge in [0.25, 0.3) is 0 Å². The molecule has 2 amide bonds. The molecule has 3 aromatic rings. The van der Waals surface area contributed by atoms with Gasteiger partial charge in [-0.25, -0.2) is 4.98 Å². The summed E-state index contributed by atoms with van der Waals surface area (Å²) in [5.41, 5.74) is 1.35. The number of para-hydroxylation sites is 1. The Morgan fingerprint density at radius 3 is 2.65 bits per heavy atom. The van der Waals surface area contributed by atoms with E-state index < -0.39 is 0 Å². The number of nitrogens with one attached hydrogen (secondary N) is 1. The van der Waals surface area contributed by atoms with Crippen LogP contribution in [0, 0.1) is 0 Å². The minimum absolute atomic E-state index is 0.131. The van der Waals surface area contributed by atoms with Gasteiger partial charge in [0.05, 0.1) is 11.4 Å². The van der Waals surface area contributed by atoms with Crippen LogP contribution in [-0.4, -0.2) is 26.6 Å². The molecular weight excluding hydrogens is 350 g/mol. The number of thiazole rings is 1. The number of carbonyl (C=O) groups excluding carboxylic acids is 2. The topological polar surface area (TPSA) is 80.1 Å². The van der Waals surface area contributed by atoms with Crippen molar-refractivity contribution in [2.24, 2.45) is 7.05 Å². The van der Waals surface area contributed by atoms with Crippen LogP contribution >= 0.6 is 11.3 Å². The minimum atomic E-state index is -0.301. The van der Waals surface area contributed by atoms with E-state index in [1.54, 1.807) is 35.4 Å². The van der Waals surface area contributed by atoms with Crippen LogP contribution in [-0.2, 0) is 16.6 Å². The second kappa shape index (κ2) is 7.75. The molecule has 0 saturated carbocycles. The summed E-state index contributed by atoms with van der Waals surface area (Å²) in [7, 11) is 1.77. The van der Waals surface area contributed by atoms with Gasteiger partial charge in [0.1, 0.15) is 0 Å². The number of rotatable bonds is 5. The van der Waals surface area contributed by atoms with Crippen LogP contribution in [0.3, 0.4) is 0 Å². The van der Waals surface area contributed by atoms with Crippen molar-refractivity contribution >= 4 is 45.9 Å². The van der Waals surface area contributed by atoms with Crippen molar-refractivity contribution in [2.75, 3.05) is 10.2 Å². The zero-order chi connectivity index (χ0) is 18.5. The SMILES string of the molecule is CC(=O)N(c1ccccc1)c1nc(/C=C/C(=O)Nc2ccn(C)n2)cs1. The fourth-order valence-electron chi connectivity index (χ4n) is 2.27. The number of hydrogen-bond donors (Lipinski definition) is 1. The molecule has 0 aliphatic rings. The van der Waals surface area contributed by atoms with Gasteiger partial charge in [-0.15, -0.1) is 11.3 Å². The van der Waals surface area contributed by atoms with Crippen LogP contribution in [0.25, 0.3) is 6.08 Å². The fraction of sp³-hybridized carbons (Fsp3) is 0.111. The first-order valence-electron chi connectivity index (χ1n) is 7.83. The van der Waals surface area contributed by atoms with Gasteiger partial charge in [0, 0.05) is 37.7 Å². The molecular formula is C18H17N5O2S. The van der Waals surface area contributed by atoms with E-state index >= 15 is 0 Å². The van der Waals surface area contributed by atoms with Gasteiger partial charge in [0.15, 0.2) is 10.9 Å². The smallest absolute Gasteiger partial charge is 0.249 e. The third-order valence-corrected chi connectivity index (χ3v) is 4.24. The number of amides is 2. The van der Waals surface area contributed by atoms with E-state index in [0.29, 0.717) is 16.6 Å². The average molecular weight is 367 g/mol. The summed E-state index contributed by atoms with van der Waals surface area (Å²) in [6, 6.07) is 11.0. The van der Waals surface area contributed by atoms with Crippen molar-refractivity contribution in [3.8, 4) is 0 Å². The van der Waals surface area contributed by atoms with Gasteiger partial charge in [-0.05, 0) is 18.2 Å². The maximum absolute atomic E-state index is 12.0. The number of aromatic nitrogens is 3. The van der Waals surface area contributed by atoms with E-state index in [4.69, 9.17) is 0 Å². The lowest BCUT2D eigenvalue weighted by atomic mass is 10.3. The number of aryl methyl sites for hydroxylation is 1. The van der Waals surface area contributed by atoms with Gasteiger partial charge in [-0.2, -0.15) is 5.10 Å². The van der Waals surface area contributed by atoms with Crippen LogP contribution in [0.2, 0.25) is 0 Å². The summed E-state index contributed by atoms with van der Waals surface area (Å²) < 4.78 is 1.60. The molecule has 3 rings (SSSR count). The second-order valence-corrected chi connectivity index (χ2v) is 6.28. The Labute approximate surface area is 154 Å². The Morgan fingerprint density at radius 1 is 1.23 bits per heavy atom. The Hall–Kier alpha value is -3.26. The maximum Gasteiger partial charge on any atom is 0.249 e. The molecule has 0 radical (unpaired) electrons. The molecule has 132 valence electrons. The average Bonchev–Trinajstić information content (AvgIpc) is 3.23. The largest absolute Gasteiger partial charge is 0.306 e. The zero-order valence-corrected chi connectivity index (χ0v) is 15.1. The number of nitrogens with zero attached hydrogens (tertiary/aromatic N) is 4. The van der Waals surface area contributed by atoms with Gasteiger partial charge in [0.2, 0.25) is 11.8 Å². The second-order valence-electron chi connectivity index (χ2n) is 5.44. The molecule has 1 aromatic carbocycles. The Balaban J connectivity index is 1.72. The Morgan fingerprint density at radius 2 is 2.00 bits per heavy atom. The summed E-state index contributed by atoms with van der Waals surface area (Å²) in [4.78, 5) is 29.9. The van der Waals surface area contributed by atoms with Crippen molar-refractivity contribution in [3.05, 3.63) is 59.7 Å². The van der Waals surface area contributed by atoms with E-state index in [0.717, 1.165) is 5.69 Å². The molecule has 0 fully saturated rings. The predicted octanol–water partition coefficient (Wildman–Crippen LogP) is 3.21. The number of hydrogen-bond acceptors (Lipinski definition) is 5. The standard InChI is InChI=1S/C18H17N5O2S/c1-13(24)23(15-6-4-3-5-7-15)18-19-14(12-26-18)8-9-17(25)20-16-10-11-22(2)21-16/h3-12H,1-2H3,(H,20,21,25)/b9-8+. The van der Waals surface area contributed by atoms with Gasteiger partial charge < -0.3 is 5.32 Å². The Bertz CT molecular complexity index is 945. The Kier molecular flexibility index (Phi) is 5.23. The zero-order valence-electron chi connectivity index (χ0n) is 14.3. The van der Waals surface area contributed by atoms with Crippen LogP contribution in [0.5, 0.6) is 0 Å². The third kappa shape index (κ3) is 4.22. The van der Waals surface area contributed by atoms with Gasteiger partial charge >= 0.3 is 0 Å². The van der Waals surface area contributed by atoms with Crippen molar-refractivity contribution < 1.29 is 9.59 Å². The molecule has 0 unspecified atom stereocenters. The molecule has 26 heavy (non-hydrogen) atoms. The first kappa shape index (κ1) is 17.6. The van der Waals surface area contributed by atoms with Crippen LogP contribution < -0.4 is 10.2 Å². The van der Waals surface area contributed by atoms with E-state index in [1.165, 1.54) is 29.2 Å². The predicted molar refractivity (Wildman–Crippen MR) is 102 cm³/mol. The molecule has 0 aliphatic carbocycles. The normalized spacial score (nSPS) is 10.8. The van der Waals surface area contributed by atoms with E-state index in [1.807, 2.05) is 30.3 Å². The lowest BCUT2D eigenvalue weighted by Gasteiger charge is -2.17. The van der Waals surface area contributed by atoms with E-state index in [2.05, 4.69) is 15.4 Å². The first-order valence-corrected chi connectivity index (χ1v) is 8.71. The molecule has 2 aromatic heterocycles. The quantitative estimate of drug-likeness (QED) is 0.702. The van der Waals surface area contributed by atoms with Crippen LogP contribution in [0.4, 0.5) is 16.6 Å². The summed E-state index contributed by atoms with van der Waals surface area (Å²) in [5, 5.41) is 9.08. The number of carbonyl (C=O) groups is 2. The van der Waals surface area contributed by atoms with Gasteiger partial charge in [-0.1, -0.05) is 18.2 Å². The molecule has 0 bridgehead atoms. The van der Waals surface area contributed by atoms with Gasteiger partial charge in [-0.3, -0.25) is 19.2 Å². The molecule has 8 heteroatoms. The molecule has 1 N–H and O–H groups in total. The molecule has 0 saturated heterocycles. The van der Waals surface area contributed by atoms with Crippen molar-refractivity contribution in [1.82, 2.24) is 14.8 Å². The highest BCUT2D eigenvalue weighted by molar-refractivity contribution is 7.14. The molecule has 2 heterocycles. The van der Waals surface area contributed by atoms with Crippen LogP contribution in [0.1, 0.15) is 12.6 Å². The maximum atomic E-state index is 12.0. The van der Waals surface area contributed by atoms with Crippen molar-refractivity contribution in [1.29, 1.82) is 0 Å². The highest BCUT2D eigenvalue weighted by atomic mass is 32.1. The highest BCUT2D eigenvalue weighted by Crippen LogP contribution is 2.28. The monoisotopic (exact) mass is 367 g/mol. The lowest BCUT2D eigenvalue weighted by Crippen LogP contribution is -2.22. The molecule has 0 atom stereocenters. The number of anilines is 3. The number of benzene rings is 1. The first-order chi connectivity index (χ1) is 12.5. The minimum Gasteiger partial charge on any atom is -0.306 e. The fourth-order valence-corrected chi connectivity index (χ4v) is 3.13.